The fourth-order valence-electron chi connectivity index (χ4n) is 1.10. The van der Waals surface area contributed by atoms with E-state index in [1.165, 1.54) is 0 Å². The zero-order valence-corrected chi connectivity index (χ0v) is 8.20. The Morgan fingerprint density at radius 3 is 2.77 bits per heavy atom. The van der Waals surface area contributed by atoms with Crippen LogP contribution in [0.1, 0.15) is 20.3 Å². The fraction of sp³-hybridized carbons (Fsp3) is 0.556. The van der Waals surface area contributed by atoms with Crippen LogP contribution in [0.15, 0.2) is 16.9 Å². The molecule has 0 bridgehead atoms. The van der Waals surface area contributed by atoms with E-state index < -0.39 is 0 Å². The standard InChI is InChI=1S/C9H14N2O2/c1-4-7-6-8(11(3)10-7)9(12)13-5-2/h6H,4-5H2,1-3H3/q+1. The smallest absolute Gasteiger partial charge is 0.405 e. The van der Waals surface area contributed by atoms with Crippen LogP contribution in [0.25, 0.3) is 0 Å². The summed E-state index contributed by atoms with van der Waals surface area (Å²) in [6, 6.07) is 0.908. The predicted octanol–water partition coefficient (Wildman–Crippen LogP) is 1.48. The molecule has 0 atom stereocenters. The number of likely N-dealkylation sites (N-methyl/N-ethyl adjacent to an activating group) is 1. The highest BCUT2D eigenvalue weighted by Gasteiger charge is 2.30. The molecule has 1 aliphatic rings. The normalized spacial score (nSPS) is 16.8. The Bertz CT molecular complexity index is 269. The van der Waals surface area contributed by atoms with Crippen molar-refractivity contribution in [3.63, 3.8) is 0 Å². The molecule has 1 aliphatic heterocycles. The molecular formula is C9H14N2O2+. The zero-order chi connectivity index (χ0) is 9.84. The van der Waals surface area contributed by atoms with Gasteiger partial charge in [-0.1, -0.05) is 11.6 Å². The van der Waals surface area contributed by atoms with E-state index in [1.54, 1.807) is 24.7 Å². The minimum atomic E-state index is -0.308. The van der Waals surface area contributed by atoms with Gasteiger partial charge in [0.15, 0.2) is 13.1 Å². The van der Waals surface area contributed by atoms with Crippen LogP contribution in [0.5, 0.6) is 0 Å². The minimum absolute atomic E-state index is 0.308. The molecule has 4 heteroatoms. The first kappa shape index (κ1) is 9.89. The summed E-state index contributed by atoms with van der Waals surface area (Å²) < 4.78 is 6.42. The molecule has 0 unspecified atom stereocenters. The van der Waals surface area contributed by atoms with Gasteiger partial charge in [-0.3, -0.25) is 0 Å². The van der Waals surface area contributed by atoms with Crippen LogP contribution >= 0.6 is 0 Å². The molecule has 13 heavy (non-hydrogen) atoms. The number of carbonyl (C=O) groups is 1. The second-order valence-electron chi connectivity index (χ2n) is 2.72. The Balaban J connectivity index is 2.71. The van der Waals surface area contributed by atoms with Gasteiger partial charge in [0.05, 0.1) is 6.61 Å². The van der Waals surface area contributed by atoms with Crippen LogP contribution in [-0.2, 0) is 9.53 Å². The quantitative estimate of drug-likeness (QED) is 0.490. The van der Waals surface area contributed by atoms with E-state index in [0.717, 1.165) is 12.5 Å². The molecule has 0 N–H and O–H groups in total. The molecule has 0 spiro atoms. The van der Waals surface area contributed by atoms with Crippen LogP contribution < -0.4 is 0 Å². The third-order valence-electron chi connectivity index (χ3n) is 1.78. The third-order valence-corrected chi connectivity index (χ3v) is 1.78. The molecule has 71 valence electrons. The Morgan fingerprint density at radius 2 is 2.31 bits per heavy atom. The fourth-order valence-corrected chi connectivity index (χ4v) is 1.10. The highest BCUT2D eigenvalue weighted by Crippen LogP contribution is 2.20. The largest absolute Gasteiger partial charge is 0.458 e. The van der Waals surface area contributed by atoms with Gasteiger partial charge in [-0.15, -0.1) is 0 Å². The maximum Gasteiger partial charge on any atom is 0.405 e. The summed E-state index contributed by atoms with van der Waals surface area (Å²) in [7, 11) is 1.74. The number of azo groups is 2. The molecule has 0 fully saturated rings. The third kappa shape index (κ3) is 2.14. The summed E-state index contributed by atoms with van der Waals surface area (Å²) in [5, 5.41) is 4.15. The molecule has 0 saturated heterocycles. The molecule has 1 heterocycles. The first-order valence-corrected chi connectivity index (χ1v) is 4.39. The van der Waals surface area contributed by atoms with E-state index in [0.29, 0.717) is 12.3 Å². The number of rotatable bonds is 3. The highest BCUT2D eigenvalue weighted by atomic mass is 16.5. The average molecular weight is 182 g/mol. The Kier molecular flexibility index (Phi) is 3.17. The van der Waals surface area contributed by atoms with Crippen molar-refractivity contribution in [2.24, 2.45) is 5.11 Å². The van der Waals surface area contributed by atoms with E-state index in [-0.39, 0.29) is 5.97 Å². The topological polar surface area (TPSA) is 41.7 Å². The molecule has 0 aromatic rings. The SMILES string of the molecule is CCOC(=O)C1=C[C](CC)N=[N+]1C. The first-order chi connectivity index (χ1) is 6.19. The lowest BCUT2D eigenvalue weighted by Crippen LogP contribution is -2.13. The van der Waals surface area contributed by atoms with Gasteiger partial charge < -0.3 is 4.74 Å². The maximum absolute atomic E-state index is 11.3. The van der Waals surface area contributed by atoms with Crippen LogP contribution in [0, 0.1) is 6.04 Å². The van der Waals surface area contributed by atoms with E-state index in [4.69, 9.17) is 4.74 Å². The van der Waals surface area contributed by atoms with Gasteiger partial charge >= 0.3 is 11.7 Å². The van der Waals surface area contributed by atoms with Gasteiger partial charge in [-0.2, -0.15) is 0 Å². The molecule has 0 saturated carbocycles. The number of hydrogen-bond donors (Lipinski definition) is 0. The van der Waals surface area contributed by atoms with E-state index in [2.05, 4.69) is 5.11 Å². The molecule has 0 amide bonds. The van der Waals surface area contributed by atoms with Crippen LogP contribution in [0.2, 0.25) is 0 Å². The molecule has 4 nitrogen and oxygen atoms in total. The van der Waals surface area contributed by atoms with Crippen LogP contribution in [0.4, 0.5) is 0 Å². The lowest BCUT2D eigenvalue weighted by molar-refractivity contribution is -0.506. The summed E-state index contributed by atoms with van der Waals surface area (Å²) in [6.07, 6.45) is 2.59. The number of hydrogen-bond acceptors (Lipinski definition) is 3. The van der Waals surface area contributed by atoms with Crippen molar-refractivity contribution in [3.05, 3.63) is 17.8 Å². The van der Waals surface area contributed by atoms with Gasteiger partial charge in [-0.25, -0.2) is 4.79 Å². The molecule has 0 aromatic heterocycles. The Morgan fingerprint density at radius 1 is 1.62 bits per heavy atom. The molecule has 1 rings (SSSR count). The Hall–Kier alpha value is -1.19. The summed E-state index contributed by atoms with van der Waals surface area (Å²) in [4.78, 5) is 11.3. The summed E-state index contributed by atoms with van der Waals surface area (Å²) >= 11 is 0. The van der Waals surface area contributed by atoms with Gasteiger partial charge in [-0.05, 0) is 18.5 Å². The highest BCUT2D eigenvalue weighted by molar-refractivity contribution is 5.86. The predicted molar refractivity (Wildman–Crippen MR) is 46.9 cm³/mol. The van der Waals surface area contributed by atoms with Crippen LogP contribution in [-0.4, -0.2) is 24.3 Å². The van der Waals surface area contributed by atoms with Crippen LogP contribution in [0.3, 0.4) is 0 Å². The second kappa shape index (κ2) is 4.16. The molecular weight excluding hydrogens is 168 g/mol. The lowest BCUT2D eigenvalue weighted by Gasteiger charge is -1.95. The van der Waals surface area contributed by atoms with Gasteiger partial charge in [0.25, 0.3) is 0 Å². The average Bonchev–Trinajstić information content (AvgIpc) is 2.47. The molecule has 1 radical (unpaired) electrons. The van der Waals surface area contributed by atoms with Gasteiger partial charge in [0, 0.05) is 6.08 Å². The molecule has 0 aromatic carbocycles. The Labute approximate surface area is 77.9 Å². The van der Waals surface area contributed by atoms with E-state index >= 15 is 0 Å². The summed E-state index contributed by atoms with van der Waals surface area (Å²) in [5.74, 6) is -0.308. The first-order valence-electron chi connectivity index (χ1n) is 4.39. The van der Waals surface area contributed by atoms with Crippen molar-refractivity contribution in [3.8, 4) is 0 Å². The van der Waals surface area contributed by atoms with Gasteiger partial charge in [0.1, 0.15) is 0 Å². The van der Waals surface area contributed by atoms with E-state index in [9.17, 15) is 4.79 Å². The van der Waals surface area contributed by atoms with Crippen molar-refractivity contribution < 1.29 is 14.2 Å². The summed E-state index contributed by atoms with van der Waals surface area (Å²) in [6.45, 7) is 4.18. The van der Waals surface area contributed by atoms with Crippen molar-refractivity contribution in [1.82, 2.24) is 0 Å². The zero-order valence-electron chi connectivity index (χ0n) is 8.20. The summed E-state index contributed by atoms with van der Waals surface area (Å²) in [5.41, 5.74) is 0.513. The van der Waals surface area contributed by atoms with Crippen molar-refractivity contribution >= 4 is 5.97 Å². The number of esters is 1. The number of nitrogens with zero attached hydrogens (tertiary/aromatic N) is 2. The van der Waals surface area contributed by atoms with E-state index in [1.807, 2.05) is 6.92 Å². The minimum Gasteiger partial charge on any atom is -0.458 e. The van der Waals surface area contributed by atoms with Crippen molar-refractivity contribution in [2.45, 2.75) is 20.3 Å². The van der Waals surface area contributed by atoms with Crippen molar-refractivity contribution in [2.75, 3.05) is 13.7 Å². The lowest BCUT2D eigenvalue weighted by atomic mass is 10.2. The van der Waals surface area contributed by atoms with Gasteiger partial charge in [0.2, 0.25) is 0 Å². The second-order valence-corrected chi connectivity index (χ2v) is 2.72. The molecule has 0 aliphatic carbocycles. The van der Waals surface area contributed by atoms with Crippen molar-refractivity contribution in [1.29, 1.82) is 0 Å². The number of ether oxygens (including phenoxy) is 1. The maximum atomic E-state index is 11.3. The monoisotopic (exact) mass is 182 g/mol. The number of carbonyl (C=O) groups excluding carboxylic acids is 1.